The Labute approximate surface area is 106 Å². The lowest BCUT2D eigenvalue weighted by molar-refractivity contribution is 0.703. The van der Waals surface area contributed by atoms with Gasteiger partial charge in [-0.3, -0.25) is 0 Å². The molecule has 17 heavy (non-hydrogen) atoms. The molecule has 0 saturated carbocycles. The first-order chi connectivity index (χ1) is 8.13. The van der Waals surface area contributed by atoms with Gasteiger partial charge in [0.05, 0.1) is 12.1 Å². The van der Waals surface area contributed by atoms with Gasteiger partial charge in [0.25, 0.3) is 0 Å². The fraction of sp³-hybridized carbons (Fsp3) is 0.417. The minimum Gasteiger partial charge on any atom is -0.335 e. The molecular formula is C12H15ClN4. The lowest BCUT2D eigenvalue weighted by Crippen LogP contribution is -2.07. The van der Waals surface area contributed by atoms with E-state index in [0.717, 1.165) is 29.2 Å². The lowest BCUT2D eigenvalue weighted by Gasteiger charge is -2.08. The van der Waals surface area contributed by atoms with E-state index in [1.807, 2.05) is 26.2 Å². The smallest absolute Gasteiger partial charge is 0.154 e. The number of halogens is 1. The van der Waals surface area contributed by atoms with Gasteiger partial charge in [-0.2, -0.15) is 5.10 Å². The van der Waals surface area contributed by atoms with Crippen LogP contribution in [0.2, 0.25) is 5.15 Å². The molecule has 0 aliphatic carbocycles. The predicted octanol–water partition coefficient (Wildman–Crippen LogP) is 2.55. The van der Waals surface area contributed by atoms with Gasteiger partial charge in [-0.15, -0.1) is 5.10 Å². The number of aryl methyl sites for hydroxylation is 1. The summed E-state index contributed by atoms with van der Waals surface area (Å²) in [5.41, 5.74) is 3.02. The van der Waals surface area contributed by atoms with Crippen molar-refractivity contribution in [2.75, 3.05) is 0 Å². The van der Waals surface area contributed by atoms with E-state index in [1.54, 1.807) is 0 Å². The summed E-state index contributed by atoms with van der Waals surface area (Å²) in [6.45, 7) is 6.98. The van der Waals surface area contributed by atoms with Crippen LogP contribution in [0.5, 0.6) is 0 Å². The molecule has 5 heteroatoms. The first kappa shape index (κ1) is 12.0. The highest BCUT2D eigenvalue weighted by Gasteiger charge is 2.11. The van der Waals surface area contributed by atoms with Crippen molar-refractivity contribution in [2.24, 2.45) is 0 Å². The molecule has 2 heterocycles. The summed E-state index contributed by atoms with van der Waals surface area (Å²) in [6, 6.07) is 0. The topological polar surface area (TPSA) is 43.6 Å². The van der Waals surface area contributed by atoms with Gasteiger partial charge >= 0.3 is 0 Å². The summed E-state index contributed by atoms with van der Waals surface area (Å²) in [5, 5.41) is 8.58. The number of hydrogen-bond donors (Lipinski definition) is 0. The van der Waals surface area contributed by atoms with E-state index < -0.39 is 0 Å². The predicted molar refractivity (Wildman–Crippen MR) is 67.2 cm³/mol. The Morgan fingerprint density at radius 2 is 2.00 bits per heavy atom. The summed E-state index contributed by atoms with van der Waals surface area (Å²) in [6.07, 6.45) is 4.48. The molecule has 2 rings (SSSR count). The minimum atomic E-state index is 0.477. The van der Waals surface area contributed by atoms with E-state index in [2.05, 4.69) is 26.7 Å². The van der Waals surface area contributed by atoms with Crippen LogP contribution in [0, 0.1) is 13.8 Å². The van der Waals surface area contributed by atoms with Crippen LogP contribution in [-0.4, -0.2) is 19.7 Å². The van der Waals surface area contributed by atoms with Gasteiger partial charge in [0, 0.05) is 18.9 Å². The van der Waals surface area contributed by atoms with Crippen LogP contribution < -0.4 is 0 Å². The number of nitrogens with zero attached hydrogens (tertiary/aromatic N) is 4. The molecule has 0 spiro atoms. The van der Waals surface area contributed by atoms with Gasteiger partial charge in [-0.1, -0.05) is 11.6 Å². The van der Waals surface area contributed by atoms with Crippen molar-refractivity contribution in [3.8, 4) is 0 Å². The quantitative estimate of drug-likeness (QED) is 0.841. The van der Waals surface area contributed by atoms with Crippen LogP contribution in [0.4, 0.5) is 0 Å². The average Bonchev–Trinajstić information content (AvgIpc) is 2.77. The second-order valence-corrected chi connectivity index (χ2v) is 4.35. The highest BCUT2D eigenvalue weighted by atomic mass is 35.5. The van der Waals surface area contributed by atoms with Crippen molar-refractivity contribution in [2.45, 2.75) is 33.7 Å². The molecule has 0 aromatic carbocycles. The van der Waals surface area contributed by atoms with E-state index in [1.165, 1.54) is 0 Å². The van der Waals surface area contributed by atoms with Crippen molar-refractivity contribution in [3.63, 3.8) is 0 Å². The molecule has 0 N–H and O–H groups in total. The Morgan fingerprint density at radius 3 is 2.71 bits per heavy atom. The van der Waals surface area contributed by atoms with Gasteiger partial charge in [0.2, 0.25) is 0 Å². The third kappa shape index (κ3) is 2.31. The van der Waals surface area contributed by atoms with Gasteiger partial charge in [0.15, 0.2) is 5.15 Å². The third-order valence-corrected chi connectivity index (χ3v) is 3.39. The SMILES string of the molecule is CCn1ccnc1Cc1nnc(Cl)c(C)c1C. The number of rotatable bonds is 3. The molecule has 90 valence electrons. The molecule has 0 saturated heterocycles. The summed E-state index contributed by atoms with van der Waals surface area (Å²) >= 11 is 5.93. The second-order valence-electron chi connectivity index (χ2n) is 3.99. The lowest BCUT2D eigenvalue weighted by atomic mass is 10.1. The van der Waals surface area contributed by atoms with Crippen molar-refractivity contribution < 1.29 is 0 Å². The van der Waals surface area contributed by atoms with E-state index in [-0.39, 0.29) is 0 Å². The number of aromatic nitrogens is 4. The van der Waals surface area contributed by atoms with Gasteiger partial charge in [-0.25, -0.2) is 4.98 Å². The van der Waals surface area contributed by atoms with Crippen LogP contribution in [0.3, 0.4) is 0 Å². The zero-order valence-corrected chi connectivity index (χ0v) is 11.0. The zero-order valence-electron chi connectivity index (χ0n) is 10.2. The van der Waals surface area contributed by atoms with Crippen LogP contribution in [0.15, 0.2) is 12.4 Å². The minimum absolute atomic E-state index is 0.477. The monoisotopic (exact) mass is 250 g/mol. The molecule has 0 bridgehead atoms. The molecule has 0 fully saturated rings. The highest BCUT2D eigenvalue weighted by Crippen LogP contribution is 2.19. The highest BCUT2D eigenvalue weighted by molar-refractivity contribution is 6.30. The fourth-order valence-electron chi connectivity index (χ4n) is 1.74. The molecule has 0 amide bonds. The fourth-order valence-corrected chi connectivity index (χ4v) is 1.92. The first-order valence-electron chi connectivity index (χ1n) is 5.61. The summed E-state index contributed by atoms with van der Waals surface area (Å²) in [7, 11) is 0. The van der Waals surface area contributed by atoms with Gasteiger partial charge in [-0.05, 0) is 31.9 Å². The first-order valence-corrected chi connectivity index (χ1v) is 5.99. The van der Waals surface area contributed by atoms with Crippen LogP contribution in [0.1, 0.15) is 29.6 Å². The van der Waals surface area contributed by atoms with Crippen molar-refractivity contribution in [1.29, 1.82) is 0 Å². The molecule has 4 nitrogen and oxygen atoms in total. The van der Waals surface area contributed by atoms with Crippen LogP contribution in [0.25, 0.3) is 0 Å². The van der Waals surface area contributed by atoms with Crippen LogP contribution >= 0.6 is 11.6 Å². The Hall–Kier alpha value is -1.42. The Morgan fingerprint density at radius 1 is 1.24 bits per heavy atom. The average molecular weight is 251 g/mol. The summed E-state index contributed by atoms with van der Waals surface area (Å²) < 4.78 is 2.10. The van der Waals surface area contributed by atoms with Gasteiger partial charge < -0.3 is 4.57 Å². The molecule has 0 unspecified atom stereocenters. The molecule has 2 aromatic rings. The van der Waals surface area contributed by atoms with Crippen molar-refractivity contribution in [3.05, 3.63) is 40.2 Å². The van der Waals surface area contributed by atoms with Crippen LogP contribution in [-0.2, 0) is 13.0 Å². The van der Waals surface area contributed by atoms with Crippen molar-refractivity contribution >= 4 is 11.6 Å². The van der Waals surface area contributed by atoms with Gasteiger partial charge in [0.1, 0.15) is 5.82 Å². The van der Waals surface area contributed by atoms with E-state index in [9.17, 15) is 0 Å². The largest absolute Gasteiger partial charge is 0.335 e. The maximum Gasteiger partial charge on any atom is 0.154 e. The maximum absolute atomic E-state index is 5.93. The van der Waals surface area contributed by atoms with E-state index in [0.29, 0.717) is 11.6 Å². The van der Waals surface area contributed by atoms with E-state index >= 15 is 0 Å². The van der Waals surface area contributed by atoms with Crippen molar-refractivity contribution in [1.82, 2.24) is 19.7 Å². The Kier molecular flexibility index (Phi) is 3.43. The second kappa shape index (κ2) is 4.84. The number of imidazole rings is 1. The molecular weight excluding hydrogens is 236 g/mol. The maximum atomic E-state index is 5.93. The molecule has 0 radical (unpaired) electrons. The molecule has 0 aliphatic heterocycles. The summed E-state index contributed by atoms with van der Waals surface area (Å²) in [4.78, 5) is 4.34. The molecule has 0 aliphatic rings. The Balaban J connectivity index is 2.34. The Bertz CT molecular complexity index is 533. The molecule has 0 atom stereocenters. The third-order valence-electron chi connectivity index (χ3n) is 3.03. The van der Waals surface area contributed by atoms with E-state index in [4.69, 9.17) is 11.6 Å². The number of hydrogen-bond acceptors (Lipinski definition) is 3. The normalized spacial score (nSPS) is 10.8. The molecule has 2 aromatic heterocycles. The standard InChI is InChI=1S/C12H15ClN4/c1-4-17-6-5-14-11(17)7-10-8(2)9(3)12(13)16-15-10/h5-6H,4,7H2,1-3H3. The summed E-state index contributed by atoms with van der Waals surface area (Å²) in [5.74, 6) is 1.01. The zero-order chi connectivity index (χ0) is 12.4.